The third-order valence-corrected chi connectivity index (χ3v) is 4.78. The van der Waals surface area contributed by atoms with E-state index in [1.165, 1.54) is 26.2 Å². The lowest BCUT2D eigenvalue weighted by atomic mass is 10.0. The van der Waals surface area contributed by atoms with E-state index in [1.807, 2.05) is 0 Å². The molecule has 1 fully saturated rings. The average molecular weight is 436 g/mol. The lowest BCUT2D eigenvalue weighted by Crippen LogP contribution is -2.59. The number of benzene rings is 2. The second-order valence-corrected chi connectivity index (χ2v) is 7.02. The first-order valence-corrected chi connectivity index (χ1v) is 9.08. The molecule has 0 radical (unpaired) electrons. The minimum atomic E-state index is -1.69. The Labute approximate surface area is 175 Å². The molecule has 5 amide bonds. The molecule has 1 N–H and O–H groups in total. The summed E-state index contributed by atoms with van der Waals surface area (Å²) in [5, 5.41) is 3.20. The van der Waals surface area contributed by atoms with E-state index in [9.17, 15) is 19.2 Å². The van der Waals surface area contributed by atoms with Crippen LogP contribution < -0.4 is 10.1 Å². The van der Waals surface area contributed by atoms with Crippen molar-refractivity contribution in [3.63, 3.8) is 0 Å². The zero-order valence-electron chi connectivity index (χ0n) is 15.3. The van der Waals surface area contributed by atoms with Gasteiger partial charge in [-0.25, -0.2) is 4.79 Å². The predicted octanol–water partition coefficient (Wildman–Crippen LogP) is 3.39. The first-order chi connectivity index (χ1) is 13.7. The van der Waals surface area contributed by atoms with Crippen LogP contribution in [-0.4, -0.2) is 47.6 Å². The molecule has 8 nitrogen and oxygen atoms in total. The van der Waals surface area contributed by atoms with E-state index in [-0.39, 0.29) is 16.5 Å². The Morgan fingerprint density at radius 3 is 2.21 bits per heavy atom. The van der Waals surface area contributed by atoms with Gasteiger partial charge in [0.1, 0.15) is 5.75 Å². The topological polar surface area (TPSA) is 96.0 Å². The zero-order chi connectivity index (χ0) is 21.3. The van der Waals surface area contributed by atoms with Crippen LogP contribution in [0.5, 0.6) is 11.5 Å². The van der Waals surface area contributed by atoms with Crippen LogP contribution in [0.25, 0.3) is 0 Å². The number of rotatable bonds is 4. The number of hydrogen-bond acceptors (Lipinski definition) is 5. The summed E-state index contributed by atoms with van der Waals surface area (Å²) in [6, 6.07) is 10.3. The van der Waals surface area contributed by atoms with Gasteiger partial charge in [-0.1, -0.05) is 35.3 Å². The number of anilines is 1. The van der Waals surface area contributed by atoms with Crippen LogP contribution in [-0.2, 0) is 14.4 Å². The average Bonchev–Trinajstić information content (AvgIpc) is 2.68. The molecule has 1 heterocycles. The van der Waals surface area contributed by atoms with Crippen molar-refractivity contribution < 1.29 is 23.9 Å². The van der Waals surface area contributed by atoms with Gasteiger partial charge in [-0.15, -0.1) is 0 Å². The molecule has 1 saturated heterocycles. The summed E-state index contributed by atoms with van der Waals surface area (Å²) in [7, 11) is 2.40. The highest BCUT2D eigenvalue weighted by atomic mass is 35.5. The summed E-state index contributed by atoms with van der Waals surface area (Å²) >= 11 is 12.0. The predicted molar refractivity (Wildman–Crippen MR) is 106 cm³/mol. The number of imide groups is 2. The van der Waals surface area contributed by atoms with Crippen molar-refractivity contribution in [1.82, 2.24) is 9.80 Å². The number of para-hydroxylation sites is 2. The van der Waals surface area contributed by atoms with Crippen molar-refractivity contribution in [2.45, 2.75) is 0 Å². The Hall–Kier alpha value is -3.10. The second-order valence-electron chi connectivity index (χ2n) is 6.17. The van der Waals surface area contributed by atoms with Gasteiger partial charge in [0.25, 0.3) is 11.8 Å². The molecule has 2 aromatic rings. The molecule has 0 bridgehead atoms. The van der Waals surface area contributed by atoms with E-state index in [4.69, 9.17) is 27.9 Å². The Balaban J connectivity index is 1.85. The Morgan fingerprint density at radius 2 is 1.59 bits per heavy atom. The number of urea groups is 1. The number of hydrogen-bond donors (Lipinski definition) is 1. The number of barbiturate groups is 1. The maximum Gasteiger partial charge on any atom is 0.332 e. The fourth-order valence-corrected chi connectivity index (χ4v) is 3.12. The molecular formula is C19H15Cl2N3O5. The van der Waals surface area contributed by atoms with Crippen LogP contribution in [0, 0.1) is 5.92 Å². The van der Waals surface area contributed by atoms with Crippen LogP contribution in [0.1, 0.15) is 0 Å². The maximum absolute atomic E-state index is 12.7. The smallest absolute Gasteiger partial charge is 0.332 e. The molecule has 1 aliphatic rings. The van der Waals surface area contributed by atoms with Crippen LogP contribution >= 0.6 is 23.2 Å². The monoisotopic (exact) mass is 435 g/mol. The highest BCUT2D eigenvalue weighted by molar-refractivity contribution is 6.35. The van der Waals surface area contributed by atoms with E-state index in [1.54, 1.807) is 30.3 Å². The van der Waals surface area contributed by atoms with E-state index in [0.717, 1.165) is 9.80 Å². The molecule has 0 aliphatic carbocycles. The Morgan fingerprint density at radius 1 is 0.966 bits per heavy atom. The molecular weight excluding hydrogens is 421 g/mol. The van der Waals surface area contributed by atoms with Gasteiger partial charge >= 0.3 is 6.03 Å². The Kier molecular flexibility index (Phi) is 5.76. The number of carbonyl (C=O) groups is 4. The summed E-state index contributed by atoms with van der Waals surface area (Å²) in [4.78, 5) is 50.6. The summed E-state index contributed by atoms with van der Waals surface area (Å²) in [6.07, 6.45) is 0. The van der Waals surface area contributed by atoms with Gasteiger partial charge in [0.2, 0.25) is 5.91 Å². The normalized spacial score (nSPS) is 15.0. The summed E-state index contributed by atoms with van der Waals surface area (Å²) in [5.74, 6) is -3.85. The third kappa shape index (κ3) is 4.03. The second kappa shape index (κ2) is 8.10. The molecule has 2 aromatic carbocycles. The van der Waals surface area contributed by atoms with Crippen LogP contribution in [0.15, 0.2) is 42.5 Å². The van der Waals surface area contributed by atoms with Gasteiger partial charge in [-0.3, -0.25) is 24.2 Å². The van der Waals surface area contributed by atoms with Gasteiger partial charge in [0.15, 0.2) is 11.7 Å². The molecule has 0 aromatic heterocycles. The van der Waals surface area contributed by atoms with E-state index in [2.05, 4.69) is 5.32 Å². The molecule has 0 atom stereocenters. The molecule has 0 unspecified atom stereocenters. The van der Waals surface area contributed by atoms with Crippen molar-refractivity contribution in [2.24, 2.45) is 5.92 Å². The molecule has 10 heteroatoms. The highest BCUT2D eigenvalue weighted by Crippen LogP contribution is 2.35. The molecule has 1 aliphatic heterocycles. The van der Waals surface area contributed by atoms with Crippen molar-refractivity contribution in [3.8, 4) is 11.5 Å². The van der Waals surface area contributed by atoms with Gasteiger partial charge in [0, 0.05) is 19.1 Å². The minimum absolute atomic E-state index is 0.214. The standard InChI is InChI=1S/C19H15Cl2N3O5/c1-23-17(26)15(18(27)24(2)19(23)28)16(25)22-12-5-3-4-6-14(12)29-13-8-7-10(20)9-11(13)21/h3-9,15H,1-2H3,(H,22,25). The van der Waals surface area contributed by atoms with Gasteiger partial charge < -0.3 is 10.1 Å². The maximum atomic E-state index is 12.7. The van der Waals surface area contributed by atoms with Crippen molar-refractivity contribution in [1.29, 1.82) is 0 Å². The van der Waals surface area contributed by atoms with Crippen LogP contribution in [0.3, 0.4) is 0 Å². The first kappa shape index (κ1) is 20.6. The number of amides is 5. The quantitative estimate of drug-likeness (QED) is 0.742. The molecule has 0 spiro atoms. The van der Waals surface area contributed by atoms with Gasteiger partial charge in [-0.05, 0) is 30.3 Å². The first-order valence-electron chi connectivity index (χ1n) is 8.32. The number of nitrogens with zero attached hydrogens (tertiary/aromatic N) is 2. The van der Waals surface area contributed by atoms with E-state index >= 15 is 0 Å². The number of halogens is 2. The third-order valence-electron chi connectivity index (χ3n) is 4.25. The summed E-state index contributed by atoms with van der Waals surface area (Å²) < 4.78 is 5.75. The van der Waals surface area contributed by atoms with Gasteiger partial charge in [0.05, 0.1) is 10.7 Å². The van der Waals surface area contributed by atoms with E-state index in [0.29, 0.717) is 10.8 Å². The highest BCUT2D eigenvalue weighted by Gasteiger charge is 2.46. The zero-order valence-corrected chi connectivity index (χ0v) is 16.8. The lowest BCUT2D eigenvalue weighted by Gasteiger charge is -2.32. The lowest BCUT2D eigenvalue weighted by molar-refractivity contribution is -0.151. The molecule has 3 rings (SSSR count). The fourth-order valence-electron chi connectivity index (χ4n) is 2.67. The fraction of sp³-hybridized carbons (Fsp3) is 0.158. The molecule has 0 saturated carbocycles. The number of nitrogens with one attached hydrogen (secondary N) is 1. The van der Waals surface area contributed by atoms with Gasteiger partial charge in [-0.2, -0.15) is 0 Å². The van der Waals surface area contributed by atoms with Crippen molar-refractivity contribution in [2.75, 3.05) is 19.4 Å². The minimum Gasteiger partial charge on any atom is -0.454 e. The number of carbonyl (C=O) groups excluding carboxylic acids is 4. The Bertz CT molecular complexity index is 1000. The van der Waals surface area contributed by atoms with Crippen molar-refractivity contribution in [3.05, 3.63) is 52.5 Å². The SMILES string of the molecule is CN1C(=O)C(C(=O)Nc2ccccc2Oc2ccc(Cl)cc2Cl)C(=O)N(C)C1=O. The van der Waals surface area contributed by atoms with Crippen LogP contribution in [0.4, 0.5) is 10.5 Å². The van der Waals surface area contributed by atoms with Crippen molar-refractivity contribution >= 4 is 52.6 Å². The molecule has 29 heavy (non-hydrogen) atoms. The van der Waals surface area contributed by atoms with E-state index < -0.39 is 29.7 Å². The van der Waals surface area contributed by atoms with Crippen LogP contribution in [0.2, 0.25) is 10.0 Å². The summed E-state index contributed by atoms with van der Waals surface area (Å²) in [6.45, 7) is 0. The molecule has 150 valence electrons. The largest absolute Gasteiger partial charge is 0.454 e. The summed E-state index contributed by atoms with van der Waals surface area (Å²) in [5.41, 5.74) is 0.214. The number of ether oxygens (including phenoxy) is 1.